The van der Waals surface area contributed by atoms with Gasteiger partial charge in [-0.1, -0.05) is 6.07 Å². The van der Waals surface area contributed by atoms with Gasteiger partial charge in [-0.2, -0.15) is 10.5 Å². The molecule has 0 fully saturated rings. The normalized spacial score (nSPS) is 9.20. The van der Waals surface area contributed by atoms with Gasteiger partial charge in [0.15, 0.2) is 0 Å². The molecule has 0 bridgehead atoms. The zero-order valence-electron chi connectivity index (χ0n) is 7.64. The SMILES string of the molecule is N#Cc1cccc(C#N)c1-c1cncs1. The molecule has 0 radical (unpaired) electrons. The van der Waals surface area contributed by atoms with Crippen molar-refractivity contribution in [1.29, 1.82) is 10.5 Å². The summed E-state index contributed by atoms with van der Waals surface area (Å²) in [6.07, 6.45) is 1.67. The number of hydrogen-bond donors (Lipinski definition) is 0. The number of hydrogen-bond acceptors (Lipinski definition) is 4. The highest BCUT2D eigenvalue weighted by atomic mass is 32.1. The molecule has 4 heteroatoms. The Hall–Kier alpha value is -2.17. The maximum Gasteiger partial charge on any atom is 0.0998 e. The first-order valence-electron chi connectivity index (χ1n) is 4.19. The van der Waals surface area contributed by atoms with Crippen molar-refractivity contribution in [2.45, 2.75) is 0 Å². The quantitative estimate of drug-likeness (QED) is 0.728. The Balaban J connectivity index is 2.75. The van der Waals surface area contributed by atoms with Gasteiger partial charge in [-0.3, -0.25) is 4.98 Å². The summed E-state index contributed by atoms with van der Waals surface area (Å²) < 4.78 is 0. The number of rotatable bonds is 1. The molecule has 70 valence electrons. The van der Waals surface area contributed by atoms with Gasteiger partial charge in [-0.05, 0) is 12.1 Å². The molecule has 0 aliphatic carbocycles. The molecule has 2 rings (SSSR count). The first-order valence-corrected chi connectivity index (χ1v) is 5.07. The van der Waals surface area contributed by atoms with Gasteiger partial charge in [-0.15, -0.1) is 11.3 Å². The number of aromatic nitrogens is 1. The van der Waals surface area contributed by atoms with Crippen LogP contribution in [-0.4, -0.2) is 4.98 Å². The molecule has 3 nitrogen and oxygen atoms in total. The molecular formula is C11H5N3S. The summed E-state index contributed by atoms with van der Waals surface area (Å²) in [5.41, 5.74) is 3.39. The average molecular weight is 211 g/mol. The van der Waals surface area contributed by atoms with Crippen molar-refractivity contribution < 1.29 is 0 Å². The monoisotopic (exact) mass is 211 g/mol. The molecule has 0 saturated heterocycles. The molecule has 1 aromatic heterocycles. The van der Waals surface area contributed by atoms with Gasteiger partial charge in [0.2, 0.25) is 0 Å². The third-order valence-corrected chi connectivity index (χ3v) is 2.77. The Morgan fingerprint density at radius 2 is 1.80 bits per heavy atom. The molecule has 2 aromatic rings. The summed E-state index contributed by atoms with van der Waals surface area (Å²) in [6, 6.07) is 9.29. The van der Waals surface area contributed by atoms with Crippen molar-refractivity contribution in [3.8, 4) is 22.6 Å². The van der Waals surface area contributed by atoms with Crippen LogP contribution in [0.15, 0.2) is 29.9 Å². The molecule has 0 unspecified atom stereocenters. The molecule has 0 atom stereocenters. The Labute approximate surface area is 90.9 Å². The van der Waals surface area contributed by atoms with E-state index in [1.165, 1.54) is 11.3 Å². The lowest BCUT2D eigenvalue weighted by Crippen LogP contribution is -1.86. The number of thiazole rings is 1. The van der Waals surface area contributed by atoms with Crippen LogP contribution in [0.5, 0.6) is 0 Å². The molecule has 15 heavy (non-hydrogen) atoms. The maximum atomic E-state index is 8.96. The largest absolute Gasteiger partial charge is 0.252 e. The zero-order valence-corrected chi connectivity index (χ0v) is 8.45. The van der Waals surface area contributed by atoms with Crippen LogP contribution >= 0.6 is 11.3 Å². The van der Waals surface area contributed by atoms with Crippen molar-refractivity contribution in [1.82, 2.24) is 4.98 Å². The van der Waals surface area contributed by atoms with E-state index in [1.54, 1.807) is 29.9 Å². The first kappa shape index (κ1) is 9.39. The van der Waals surface area contributed by atoms with Gasteiger partial charge < -0.3 is 0 Å². The smallest absolute Gasteiger partial charge is 0.0998 e. The molecule has 0 saturated carbocycles. The minimum Gasteiger partial charge on any atom is -0.252 e. The summed E-state index contributed by atoms with van der Waals surface area (Å²) in [5, 5.41) is 17.9. The third kappa shape index (κ3) is 1.59. The van der Waals surface area contributed by atoms with Crippen LogP contribution in [0.25, 0.3) is 10.4 Å². The van der Waals surface area contributed by atoms with E-state index in [1.807, 2.05) is 0 Å². The van der Waals surface area contributed by atoms with Gasteiger partial charge in [0.1, 0.15) is 0 Å². The van der Waals surface area contributed by atoms with E-state index >= 15 is 0 Å². The fourth-order valence-electron chi connectivity index (χ4n) is 1.34. The van der Waals surface area contributed by atoms with Crippen molar-refractivity contribution in [2.24, 2.45) is 0 Å². The van der Waals surface area contributed by atoms with E-state index < -0.39 is 0 Å². The summed E-state index contributed by atoms with van der Waals surface area (Å²) in [6.45, 7) is 0. The second-order valence-electron chi connectivity index (χ2n) is 2.82. The molecule has 0 amide bonds. The summed E-state index contributed by atoms with van der Waals surface area (Å²) in [5.74, 6) is 0. The summed E-state index contributed by atoms with van der Waals surface area (Å²) in [4.78, 5) is 4.80. The van der Waals surface area contributed by atoms with Crippen molar-refractivity contribution >= 4 is 11.3 Å². The van der Waals surface area contributed by atoms with E-state index in [0.717, 1.165) is 4.88 Å². The van der Waals surface area contributed by atoms with E-state index in [4.69, 9.17) is 10.5 Å². The average Bonchev–Trinajstić information content (AvgIpc) is 2.81. The van der Waals surface area contributed by atoms with Crippen molar-refractivity contribution in [3.05, 3.63) is 41.0 Å². The predicted molar refractivity (Wildman–Crippen MR) is 57.0 cm³/mol. The predicted octanol–water partition coefficient (Wildman–Crippen LogP) is 2.55. The summed E-state index contributed by atoms with van der Waals surface area (Å²) in [7, 11) is 0. The molecule has 0 N–H and O–H groups in total. The molecule has 1 heterocycles. The lowest BCUT2D eigenvalue weighted by molar-refractivity contribution is 1.41. The van der Waals surface area contributed by atoms with Gasteiger partial charge >= 0.3 is 0 Å². The van der Waals surface area contributed by atoms with E-state index in [9.17, 15) is 0 Å². The standard InChI is InChI=1S/C11H5N3S/c12-4-8-2-1-3-9(5-13)11(8)10-6-14-7-15-10/h1-3,6-7H. The highest BCUT2D eigenvalue weighted by molar-refractivity contribution is 7.13. The van der Waals surface area contributed by atoms with Crippen LogP contribution in [-0.2, 0) is 0 Å². The molecule has 0 spiro atoms. The zero-order chi connectivity index (χ0) is 10.7. The minimum absolute atomic E-state index is 0.512. The number of benzene rings is 1. The Morgan fingerprint density at radius 1 is 1.13 bits per heavy atom. The first-order chi connectivity index (χ1) is 7.36. The molecular weight excluding hydrogens is 206 g/mol. The molecule has 0 aliphatic heterocycles. The second-order valence-corrected chi connectivity index (χ2v) is 3.70. The minimum atomic E-state index is 0.512. The molecule has 0 aliphatic rings. The van der Waals surface area contributed by atoms with Crippen LogP contribution in [0.3, 0.4) is 0 Å². The maximum absolute atomic E-state index is 8.96. The van der Waals surface area contributed by atoms with E-state index in [0.29, 0.717) is 16.7 Å². The molecule has 1 aromatic carbocycles. The van der Waals surface area contributed by atoms with Gasteiger partial charge in [0.05, 0.1) is 33.7 Å². The fraction of sp³-hybridized carbons (Fsp3) is 0. The van der Waals surface area contributed by atoms with Gasteiger partial charge in [0.25, 0.3) is 0 Å². The fourth-order valence-corrected chi connectivity index (χ4v) is 2.04. The lowest BCUT2D eigenvalue weighted by Gasteiger charge is -2.01. The van der Waals surface area contributed by atoms with Crippen molar-refractivity contribution in [3.63, 3.8) is 0 Å². The van der Waals surface area contributed by atoms with Gasteiger partial charge in [-0.25, -0.2) is 0 Å². The van der Waals surface area contributed by atoms with Crippen molar-refractivity contribution in [2.75, 3.05) is 0 Å². The van der Waals surface area contributed by atoms with Crippen LogP contribution in [0, 0.1) is 22.7 Å². The second kappa shape index (κ2) is 3.91. The van der Waals surface area contributed by atoms with E-state index in [-0.39, 0.29) is 0 Å². The Kier molecular flexibility index (Phi) is 2.45. The number of nitrogens with zero attached hydrogens (tertiary/aromatic N) is 3. The number of nitriles is 2. The Bertz CT molecular complexity index is 526. The Morgan fingerprint density at radius 3 is 2.27 bits per heavy atom. The van der Waals surface area contributed by atoms with Crippen LogP contribution < -0.4 is 0 Å². The van der Waals surface area contributed by atoms with Gasteiger partial charge in [0, 0.05) is 11.8 Å². The van der Waals surface area contributed by atoms with Crippen LogP contribution in [0.2, 0.25) is 0 Å². The third-order valence-electron chi connectivity index (χ3n) is 1.98. The topological polar surface area (TPSA) is 60.5 Å². The van der Waals surface area contributed by atoms with Crippen LogP contribution in [0.1, 0.15) is 11.1 Å². The van der Waals surface area contributed by atoms with E-state index in [2.05, 4.69) is 17.1 Å². The highest BCUT2D eigenvalue weighted by Gasteiger charge is 2.11. The highest BCUT2D eigenvalue weighted by Crippen LogP contribution is 2.29. The summed E-state index contributed by atoms with van der Waals surface area (Å²) >= 11 is 1.42. The lowest BCUT2D eigenvalue weighted by atomic mass is 10.0. The van der Waals surface area contributed by atoms with Crippen LogP contribution in [0.4, 0.5) is 0 Å².